The molecule has 0 aliphatic rings. The van der Waals surface area contributed by atoms with Gasteiger partial charge in [-0.2, -0.15) is 0 Å². The zero-order valence-electron chi connectivity index (χ0n) is 12.1. The van der Waals surface area contributed by atoms with Gasteiger partial charge in [-0.25, -0.2) is 4.98 Å². The van der Waals surface area contributed by atoms with E-state index in [9.17, 15) is 0 Å². The van der Waals surface area contributed by atoms with Crippen LogP contribution in [0.1, 0.15) is 16.7 Å². The minimum atomic E-state index is 0.373. The van der Waals surface area contributed by atoms with Crippen molar-refractivity contribution in [2.24, 2.45) is 0 Å². The second-order valence-electron chi connectivity index (χ2n) is 5.08. The number of fused-ring (bicyclic) bond motifs is 1. The molecule has 1 heterocycles. The van der Waals surface area contributed by atoms with Crippen LogP contribution in [0.2, 0.25) is 0 Å². The van der Waals surface area contributed by atoms with Gasteiger partial charge in [0, 0.05) is 10.9 Å². The van der Waals surface area contributed by atoms with Gasteiger partial charge in [0.05, 0.1) is 11.4 Å². The fourth-order valence-corrected chi connectivity index (χ4v) is 2.46. The summed E-state index contributed by atoms with van der Waals surface area (Å²) in [5.74, 6) is 1.78. The number of alkyl halides is 1. The smallest absolute Gasteiger partial charge is 0.224 e. The van der Waals surface area contributed by atoms with Crippen LogP contribution in [0.5, 0.6) is 11.6 Å². The topological polar surface area (TPSA) is 22.1 Å². The molecular formula is C18H16ClNO. The highest BCUT2D eigenvalue weighted by molar-refractivity contribution is 6.17. The number of ether oxygens (including phenoxy) is 1. The second kappa shape index (κ2) is 5.74. The summed E-state index contributed by atoms with van der Waals surface area (Å²) in [6, 6.07) is 16.0. The molecule has 106 valence electrons. The minimum absolute atomic E-state index is 0.373. The van der Waals surface area contributed by atoms with Crippen molar-refractivity contribution in [3.63, 3.8) is 0 Å². The number of aryl methyl sites for hydroxylation is 1. The van der Waals surface area contributed by atoms with Gasteiger partial charge in [0.25, 0.3) is 0 Å². The van der Waals surface area contributed by atoms with Crippen molar-refractivity contribution in [3.05, 3.63) is 65.2 Å². The van der Waals surface area contributed by atoms with Gasteiger partial charge in [-0.15, -0.1) is 11.6 Å². The highest BCUT2D eigenvalue weighted by atomic mass is 35.5. The lowest BCUT2D eigenvalue weighted by molar-refractivity contribution is 0.456. The summed E-state index contributed by atoms with van der Waals surface area (Å²) in [7, 11) is 0. The molecule has 0 amide bonds. The van der Waals surface area contributed by atoms with Crippen LogP contribution < -0.4 is 4.74 Å². The molecule has 0 atom stereocenters. The molecule has 0 bridgehead atoms. The third-order valence-corrected chi connectivity index (χ3v) is 3.96. The third kappa shape index (κ3) is 2.72. The normalized spacial score (nSPS) is 10.8. The van der Waals surface area contributed by atoms with Crippen molar-refractivity contribution in [2.75, 3.05) is 0 Å². The van der Waals surface area contributed by atoms with E-state index in [0.29, 0.717) is 11.8 Å². The van der Waals surface area contributed by atoms with Gasteiger partial charge in [-0.05, 0) is 43.2 Å². The Kier molecular flexibility index (Phi) is 3.80. The third-order valence-electron chi connectivity index (χ3n) is 3.67. The standard InChI is InChI=1S/C18H16ClNO/c1-12-6-5-9-17(13(12)2)21-18-15(11-19)10-14-7-3-4-8-16(14)20-18/h3-10H,11H2,1-2H3. The first-order valence-electron chi connectivity index (χ1n) is 6.87. The molecule has 3 heteroatoms. The van der Waals surface area contributed by atoms with E-state index in [1.807, 2.05) is 49.4 Å². The Hall–Kier alpha value is -2.06. The number of hydrogen-bond acceptors (Lipinski definition) is 2. The van der Waals surface area contributed by atoms with E-state index in [1.54, 1.807) is 0 Å². The molecule has 0 N–H and O–H groups in total. The first kappa shape index (κ1) is 13.9. The highest BCUT2D eigenvalue weighted by Gasteiger charge is 2.10. The fraction of sp³-hybridized carbons (Fsp3) is 0.167. The molecule has 2 nitrogen and oxygen atoms in total. The summed E-state index contributed by atoms with van der Waals surface area (Å²) in [5, 5.41) is 1.07. The maximum atomic E-state index is 6.05. The van der Waals surface area contributed by atoms with E-state index in [0.717, 1.165) is 27.8 Å². The van der Waals surface area contributed by atoms with Gasteiger partial charge >= 0.3 is 0 Å². The average Bonchev–Trinajstić information content (AvgIpc) is 2.51. The lowest BCUT2D eigenvalue weighted by atomic mass is 10.1. The summed E-state index contributed by atoms with van der Waals surface area (Å²) in [6.45, 7) is 4.12. The zero-order valence-corrected chi connectivity index (χ0v) is 12.8. The number of para-hydroxylation sites is 1. The Morgan fingerprint density at radius 3 is 2.67 bits per heavy atom. The molecule has 0 radical (unpaired) electrons. The van der Waals surface area contributed by atoms with E-state index in [2.05, 4.69) is 18.0 Å². The van der Waals surface area contributed by atoms with Gasteiger partial charge in [-0.3, -0.25) is 0 Å². The summed E-state index contributed by atoms with van der Waals surface area (Å²) < 4.78 is 6.02. The Morgan fingerprint density at radius 2 is 1.86 bits per heavy atom. The highest BCUT2D eigenvalue weighted by Crippen LogP contribution is 2.30. The largest absolute Gasteiger partial charge is 0.438 e. The number of rotatable bonds is 3. The molecule has 2 aromatic carbocycles. The van der Waals surface area contributed by atoms with Gasteiger partial charge in [0.15, 0.2) is 0 Å². The molecule has 21 heavy (non-hydrogen) atoms. The Labute approximate surface area is 129 Å². The predicted molar refractivity (Wildman–Crippen MR) is 87.3 cm³/mol. The summed E-state index contributed by atoms with van der Waals surface area (Å²) in [5.41, 5.74) is 4.12. The van der Waals surface area contributed by atoms with Crippen LogP contribution in [0.4, 0.5) is 0 Å². The molecule has 0 fully saturated rings. The van der Waals surface area contributed by atoms with Gasteiger partial charge in [0.1, 0.15) is 5.75 Å². The fourth-order valence-electron chi connectivity index (χ4n) is 2.27. The van der Waals surface area contributed by atoms with E-state index in [-0.39, 0.29) is 0 Å². The molecule has 0 aliphatic heterocycles. The van der Waals surface area contributed by atoms with Crippen molar-refractivity contribution < 1.29 is 4.74 Å². The number of pyridine rings is 1. The minimum Gasteiger partial charge on any atom is -0.438 e. The van der Waals surface area contributed by atoms with E-state index in [1.165, 1.54) is 5.56 Å². The SMILES string of the molecule is Cc1cccc(Oc2nc3ccccc3cc2CCl)c1C. The molecule has 3 aromatic rings. The summed E-state index contributed by atoms with van der Waals surface area (Å²) >= 11 is 6.05. The molecule has 0 saturated carbocycles. The van der Waals surface area contributed by atoms with Crippen LogP contribution >= 0.6 is 11.6 Å². The lowest BCUT2D eigenvalue weighted by Gasteiger charge is -2.13. The maximum Gasteiger partial charge on any atom is 0.224 e. The van der Waals surface area contributed by atoms with Crippen LogP contribution in [0.3, 0.4) is 0 Å². The average molecular weight is 298 g/mol. The molecule has 0 unspecified atom stereocenters. The molecular weight excluding hydrogens is 282 g/mol. The first-order valence-corrected chi connectivity index (χ1v) is 7.41. The maximum absolute atomic E-state index is 6.05. The van der Waals surface area contributed by atoms with Gasteiger partial charge < -0.3 is 4.74 Å². The number of halogens is 1. The monoisotopic (exact) mass is 297 g/mol. The Balaban J connectivity index is 2.09. The summed E-state index contributed by atoms with van der Waals surface area (Å²) in [6.07, 6.45) is 0. The Bertz CT molecular complexity index is 798. The van der Waals surface area contributed by atoms with Crippen molar-refractivity contribution in [1.29, 1.82) is 0 Å². The van der Waals surface area contributed by atoms with Crippen molar-refractivity contribution >= 4 is 22.5 Å². The van der Waals surface area contributed by atoms with E-state index < -0.39 is 0 Å². The van der Waals surface area contributed by atoms with Crippen LogP contribution in [-0.4, -0.2) is 4.98 Å². The Morgan fingerprint density at radius 1 is 1.05 bits per heavy atom. The number of nitrogens with zero attached hydrogens (tertiary/aromatic N) is 1. The van der Waals surface area contributed by atoms with Crippen LogP contribution in [0, 0.1) is 13.8 Å². The van der Waals surface area contributed by atoms with E-state index in [4.69, 9.17) is 16.3 Å². The molecule has 1 aromatic heterocycles. The predicted octanol–water partition coefficient (Wildman–Crippen LogP) is 5.38. The molecule has 0 saturated heterocycles. The van der Waals surface area contributed by atoms with Crippen LogP contribution in [0.15, 0.2) is 48.5 Å². The zero-order chi connectivity index (χ0) is 14.8. The number of hydrogen-bond donors (Lipinski definition) is 0. The van der Waals surface area contributed by atoms with Gasteiger partial charge in [0.2, 0.25) is 5.88 Å². The van der Waals surface area contributed by atoms with E-state index >= 15 is 0 Å². The molecule has 0 spiro atoms. The first-order chi connectivity index (χ1) is 10.2. The lowest BCUT2D eigenvalue weighted by Crippen LogP contribution is -1.96. The molecule has 0 aliphatic carbocycles. The molecule has 3 rings (SSSR count). The van der Waals surface area contributed by atoms with Crippen molar-refractivity contribution in [3.8, 4) is 11.6 Å². The van der Waals surface area contributed by atoms with Gasteiger partial charge in [-0.1, -0.05) is 30.3 Å². The van der Waals surface area contributed by atoms with Crippen LogP contribution in [0.25, 0.3) is 10.9 Å². The van der Waals surface area contributed by atoms with Crippen molar-refractivity contribution in [1.82, 2.24) is 4.98 Å². The van der Waals surface area contributed by atoms with Crippen LogP contribution in [-0.2, 0) is 5.88 Å². The van der Waals surface area contributed by atoms with Crippen molar-refractivity contribution in [2.45, 2.75) is 19.7 Å². The quantitative estimate of drug-likeness (QED) is 0.605. The number of benzene rings is 2. The summed E-state index contributed by atoms with van der Waals surface area (Å²) in [4.78, 5) is 4.61. The number of aromatic nitrogens is 1. The second-order valence-corrected chi connectivity index (χ2v) is 5.35.